The van der Waals surface area contributed by atoms with Crippen molar-refractivity contribution in [3.63, 3.8) is 0 Å². The maximum absolute atomic E-state index is 13.6. The second-order valence-electron chi connectivity index (χ2n) is 14.2. The van der Waals surface area contributed by atoms with Crippen LogP contribution in [0.3, 0.4) is 0 Å². The van der Waals surface area contributed by atoms with Crippen molar-refractivity contribution in [3.05, 3.63) is 75.1 Å². The van der Waals surface area contributed by atoms with E-state index in [4.69, 9.17) is 16.0 Å². The molecule has 1 atom stereocenters. The molecule has 0 bridgehead atoms. The Hall–Kier alpha value is -3.50. The zero-order chi connectivity index (χ0) is 35.8. The van der Waals surface area contributed by atoms with Crippen molar-refractivity contribution in [3.8, 4) is 0 Å². The molecule has 11 heteroatoms. The van der Waals surface area contributed by atoms with Crippen LogP contribution >= 0.6 is 23.5 Å². The van der Waals surface area contributed by atoms with Gasteiger partial charge in [0, 0.05) is 41.7 Å². The van der Waals surface area contributed by atoms with Gasteiger partial charge in [-0.2, -0.15) is 0 Å². The lowest BCUT2D eigenvalue weighted by Crippen LogP contribution is -2.58. The monoisotopic (exact) mass is 710 g/mol. The van der Waals surface area contributed by atoms with Gasteiger partial charge in [0.05, 0.1) is 10.8 Å². The molecule has 3 N–H and O–H groups in total. The molecule has 9 nitrogen and oxygen atoms in total. The third-order valence-corrected chi connectivity index (χ3v) is 10.2. The topological polar surface area (TPSA) is 121 Å². The highest BCUT2D eigenvalue weighted by atomic mass is 35.5. The first-order valence-corrected chi connectivity index (χ1v) is 18.9. The van der Waals surface area contributed by atoms with Gasteiger partial charge < -0.3 is 24.7 Å². The Kier molecular flexibility index (Phi) is 13.2. The summed E-state index contributed by atoms with van der Waals surface area (Å²) in [6.07, 6.45) is 9.76. The van der Waals surface area contributed by atoms with Gasteiger partial charge in [-0.1, -0.05) is 61.9 Å². The predicted octanol–water partition coefficient (Wildman–Crippen LogP) is 7.61. The Labute approximate surface area is 299 Å². The average Bonchev–Trinajstić information content (AvgIpc) is 3.08. The minimum Gasteiger partial charge on any atom is -0.451 e. The molecule has 49 heavy (non-hydrogen) atoms. The van der Waals surface area contributed by atoms with E-state index in [-0.39, 0.29) is 28.5 Å². The number of rotatable bonds is 8. The number of halogens is 1. The molecule has 5 rings (SSSR count). The van der Waals surface area contributed by atoms with Gasteiger partial charge >= 0.3 is 0 Å². The molecule has 1 aliphatic heterocycles. The normalized spacial score (nSPS) is 17.0. The van der Waals surface area contributed by atoms with Crippen LogP contribution < -0.4 is 20.8 Å². The number of likely N-dealkylation sites (tertiary alicyclic amines) is 1. The van der Waals surface area contributed by atoms with Crippen LogP contribution in [0.15, 0.2) is 57.7 Å². The summed E-state index contributed by atoms with van der Waals surface area (Å²) in [5.41, 5.74) is 1.26. The van der Waals surface area contributed by atoms with Crippen molar-refractivity contribution in [2.45, 2.75) is 97.6 Å². The second-order valence-corrected chi connectivity index (χ2v) is 15.2. The zero-order valence-corrected chi connectivity index (χ0v) is 31.2. The largest absolute Gasteiger partial charge is 0.451 e. The quantitative estimate of drug-likeness (QED) is 0.206. The summed E-state index contributed by atoms with van der Waals surface area (Å²) >= 11 is 7.07. The number of piperidine rings is 1. The summed E-state index contributed by atoms with van der Waals surface area (Å²) in [4.78, 5) is 54.3. The number of hydrogen-bond donors (Lipinski definition) is 3. The molecule has 2 aromatic carbocycles. The fourth-order valence-corrected chi connectivity index (χ4v) is 7.33. The van der Waals surface area contributed by atoms with Crippen LogP contribution in [0.5, 0.6) is 0 Å². The average molecular weight is 711 g/mol. The van der Waals surface area contributed by atoms with Gasteiger partial charge in [0.2, 0.25) is 11.8 Å². The van der Waals surface area contributed by atoms with E-state index in [1.807, 2.05) is 51.3 Å². The van der Waals surface area contributed by atoms with Gasteiger partial charge in [-0.3, -0.25) is 19.2 Å². The standard InChI is InChI=1S/C30H42N4O5S.C8H9Cl/c1-19(31-26(36)25-18-23(35)22-17-21(33-40-5)11-12-24(22)39-25)27(37)34-15-13-30(14-16-34,20-9-7-6-8-10-20)28(38)32-29(2,3)4;1-2-7-3-5-8(9)6-4-7/h11-12,17-20,33H,6-10,13-16H2,1-5H3,(H,31,36)(H,32,38);3-6H,2H2,1H3. The lowest BCUT2D eigenvalue weighted by Gasteiger charge is -2.48. The number of amides is 3. The number of fused-ring (bicyclic) bond motifs is 1. The van der Waals surface area contributed by atoms with Crippen LogP contribution in [0.4, 0.5) is 5.69 Å². The Morgan fingerprint density at radius 3 is 2.27 bits per heavy atom. The Balaban J connectivity index is 0.000000520. The highest BCUT2D eigenvalue weighted by Crippen LogP contribution is 2.46. The van der Waals surface area contributed by atoms with Crippen molar-refractivity contribution >= 4 is 57.9 Å². The van der Waals surface area contributed by atoms with Crippen molar-refractivity contribution in [1.29, 1.82) is 0 Å². The van der Waals surface area contributed by atoms with E-state index in [0.717, 1.165) is 48.9 Å². The van der Waals surface area contributed by atoms with E-state index in [0.29, 0.717) is 42.8 Å². The molecule has 0 spiro atoms. The molecular weight excluding hydrogens is 660 g/mol. The van der Waals surface area contributed by atoms with E-state index in [1.165, 1.54) is 23.9 Å². The summed E-state index contributed by atoms with van der Waals surface area (Å²) in [5, 5.41) is 7.10. The summed E-state index contributed by atoms with van der Waals surface area (Å²) in [6, 6.07) is 13.4. The fraction of sp³-hybridized carbons (Fsp3) is 0.526. The second kappa shape index (κ2) is 16.9. The number of aryl methyl sites for hydroxylation is 1. The Morgan fingerprint density at radius 1 is 1.02 bits per heavy atom. The van der Waals surface area contributed by atoms with E-state index in [2.05, 4.69) is 22.3 Å². The minimum atomic E-state index is -0.813. The zero-order valence-electron chi connectivity index (χ0n) is 29.6. The highest BCUT2D eigenvalue weighted by Gasteiger charge is 2.49. The molecule has 1 aromatic heterocycles. The van der Waals surface area contributed by atoms with Gasteiger partial charge in [-0.15, -0.1) is 0 Å². The molecule has 1 saturated heterocycles. The number of hydrogen-bond acceptors (Lipinski definition) is 7. The Morgan fingerprint density at radius 2 is 1.67 bits per heavy atom. The molecule has 2 aliphatic rings. The van der Waals surface area contributed by atoms with Crippen LogP contribution in [-0.2, 0) is 16.0 Å². The van der Waals surface area contributed by atoms with Crippen LogP contribution in [0.2, 0.25) is 5.02 Å². The van der Waals surface area contributed by atoms with Gasteiger partial charge in [0.15, 0.2) is 11.2 Å². The first kappa shape index (κ1) is 38.3. The predicted molar refractivity (Wildman–Crippen MR) is 200 cm³/mol. The van der Waals surface area contributed by atoms with Crippen molar-refractivity contribution in [1.82, 2.24) is 15.5 Å². The molecule has 1 aliphatic carbocycles. The summed E-state index contributed by atoms with van der Waals surface area (Å²) in [7, 11) is 0. The van der Waals surface area contributed by atoms with Gasteiger partial charge in [0.25, 0.3) is 5.91 Å². The molecule has 0 radical (unpaired) electrons. The van der Waals surface area contributed by atoms with Gasteiger partial charge in [-0.25, -0.2) is 0 Å². The highest BCUT2D eigenvalue weighted by molar-refractivity contribution is 7.99. The van der Waals surface area contributed by atoms with Crippen LogP contribution in [-0.4, -0.2) is 53.5 Å². The molecule has 2 heterocycles. The number of nitrogens with one attached hydrogen (secondary N) is 3. The maximum atomic E-state index is 13.6. The SMILES string of the molecule is CCc1ccc(Cl)cc1.CSNc1ccc2oc(C(=O)NC(C)C(=O)N3CCC(C(=O)NC(C)(C)C)(C4CCCCC4)CC3)cc(=O)c2c1. The lowest BCUT2D eigenvalue weighted by atomic mass is 9.63. The number of anilines is 1. The molecule has 1 unspecified atom stereocenters. The Bertz CT molecular complexity index is 1660. The summed E-state index contributed by atoms with van der Waals surface area (Å²) in [5.74, 6) is -0.553. The van der Waals surface area contributed by atoms with Gasteiger partial charge in [0.1, 0.15) is 11.6 Å². The third kappa shape index (κ3) is 10.0. The van der Waals surface area contributed by atoms with E-state index in [9.17, 15) is 19.2 Å². The van der Waals surface area contributed by atoms with Crippen LogP contribution in [0, 0.1) is 11.3 Å². The van der Waals surface area contributed by atoms with Crippen LogP contribution in [0.1, 0.15) is 95.7 Å². The molecule has 2 fully saturated rings. The summed E-state index contributed by atoms with van der Waals surface area (Å²) in [6.45, 7) is 10.7. The number of carbonyl (C=O) groups excluding carboxylic acids is 3. The van der Waals surface area contributed by atoms with E-state index < -0.39 is 17.4 Å². The number of benzene rings is 2. The molecule has 3 aromatic rings. The number of carbonyl (C=O) groups is 3. The van der Waals surface area contributed by atoms with Crippen LogP contribution in [0.25, 0.3) is 11.0 Å². The van der Waals surface area contributed by atoms with Gasteiger partial charge in [-0.05, 0) is 102 Å². The smallest absolute Gasteiger partial charge is 0.287 e. The third-order valence-electron chi connectivity index (χ3n) is 9.51. The first-order valence-electron chi connectivity index (χ1n) is 17.3. The number of nitrogens with zero attached hydrogens (tertiary/aromatic N) is 1. The molecule has 1 saturated carbocycles. The lowest BCUT2D eigenvalue weighted by molar-refractivity contribution is -0.146. The van der Waals surface area contributed by atoms with Crippen molar-refractivity contribution < 1.29 is 18.8 Å². The van der Waals surface area contributed by atoms with E-state index >= 15 is 0 Å². The molecule has 266 valence electrons. The maximum Gasteiger partial charge on any atom is 0.287 e. The summed E-state index contributed by atoms with van der Waals surface area (Å²) < 4.78 is 8.77. The first-order chi connectivity index (χ1) is 23.3. The molecule has 3 amide bonds. The fourth-order valence-electron chi connectivity index (χ4n) is 6.84. The minimum absolute atomic E-state index is 0.100. The van der Waals surface area contributed by atoms with Crippen molar-refractivity contribution in [2.24, 2.45) is 11.3 Å². The van der Waals surface area contributed by atoms with E-state index in [1.54, 1.807) is 30.0 Å². The van der Waals surface area contributed by atoms with Crippen molar-refractivity contribution in [2.75, 3.05) is 24.1 Å². The molecular formula is C38H51ClN4O5S.